The van der Waals surface area contributed by atoms with Gasteiger partial charge in [-0.15, -0.1) is 0 Å². The summed E-state index contributed by atoms with van der Waals surface area (Å²) in [5.41, 5.74) is 2.58. The third-order valence-electron chi connectivity index (χ3n) is 4.83. The number of imide groups is 1. The van der Waals surface area contributed by atoms with E-state index in [1.54, 1.807) is 37.4 Å². The second-order valence-electron chi connectivity index (χ2n) is 7.04. The summed E-state index contributed by atoms with van der Waals surface area (Å²) < 4.78 is 14.5. The molecular weight excluding hydrogens is 387 g/mol. The zero-order valence-electron chi connectivity index (χ0n) is 16.3. The molecule has 8 heteroatoms. The normalized spacial score (nSPS) is 12.8. The molecule has 0 fully saturated rings. The zero-order chi connectivity index (χ0) is 21.4. The first-order chi connectivity index (χ1) is 14.3. The SMILES string of the molecule is Cc1cc(CC(=O)Nc2cnc(-c3cccnc3)c(F)c2)c2c(c1)C(=O)N(C)C2=O. The molecule has 2 aromatic heterocycles. The van der Waals surface area contributed by atoms with E-state index < -0.39 is 23.5 Å². The van der Waals surface area contributed by atoms with Crippen molar-refractivity contribution in [3.8, 4) is 11.3 Å². The van der Waals surface area contributed by atoms with Crippen LogP contribution in [-0.2, 0) is 11.2 Å². The van der Waals surface area contributed by atoms with Gasteiger partial charge in [-0.05, 0) is 36.2 Å². The number of fused-ring (bicyclic) bond motifs is 1. The van der Waals surface area contributed by atoms with Crippen LogP contribution in [0.3, 0.4) is 0 Å². The highest BCUT2D eigenvalue weighted by Gasteiger charge is 2.35. The number of halogens is 1. The molecule has 0 bridgehead atoms. The number of benzene rings is 1. The van der Waals surface area contributed by atoms with E-state index in [9.17, 15) is 18.8 Å². The van der Waals surface area contributed by atoms with Crippen LogP contribution in [0, 0.1) is 12.7 Å². The quantitative estimate of drug-likeness (QED) is 0.675. The number of hydrogen-bond acceptors (Lipinski definition) is 5. The molecule has 0 spiro atoms. The van der Waals surface area contributed by atoms with E-state index in [-0.39, 0.29) is 23.4 Å². The number of anilines is 1. The van der Waals surface area contributed by atoms with Crippen molar-refractivity contribution in [3.05, 3.63) is 77.0 Å². The predicted octanol–water partition coefficient (Wildman–Crippen LogP) is 3.00. The van der Waals surface area contributed by atoms with Crippen LogP contribution in [0.25, 0.3) is 11.3 Å². The highest BCUT2D eigenvalue weighted by atomic mass is 19.1. The number of pyridine rings is 2. The maximum absolute atomic E-state index is 14.5. The number of nitrogens with one attached hydrogen (secondary N) is 1. The van der Waals surface area contributed by atoms with Crippen LogP contribution >= 0.6 is 0 Å². The molecule has 3 amide bonds. The molecule has 1 aromatic carbocycles. The Bertz CT molecular complexity index is 1190. The van der Waals surface area contributed by atoms with Crippen LogP contribution in [0.2, 0.25) is 0 Å². The van der Waals surface area contributed by atoms with Gasteiger partial charge in [0.25, 0.3) is 11.8 Å². The minimum atomic E-state index is -0.598. The second kappa shape index (κ2) is 7.47. The van der Waals surface area contributed by atoms with E-state index in [1.165, 1.54) is 25.5 Å². The van der Waals surface area contributed by atoms with Gasteiger partial charge in [0, 0.05) is 31.1 Å². The molecule has 4 rings (SSSR count). The molecule has 0 radical (unpaired) electrons. The molecule has 7 nitrogen and oxygen atoms in total. The van der Waals surface area contributed by atoms with Crippen molar-refractivity contribution in [1.29, 1.82) is 0 Å². The summed E-state index contributed by atoms with van der Waals surface area (Å²) in [5.74, 6) is -1.88. The number of aromatic nitrogens is 2. The van der Waals surface area contributed by atoms with Crippen molar-refractivity contribution in [2.75, 3.05) is 12.4 Å². The fourth-order valence-electron chi connectivity index (χ4n) is 3.46. The molecule has 150 valence electrons. The number of amides is 3. The average Bonchev–Trinajstić information content (AvgIpc) is 2.92. The Morgan fingerprint density at radius 2 is 1.97 bits per heavy atom. The van der Waals surface area contributed by atoms with E-state index in [4.69, 9.17) is 0 Å². The van der Waals surface area contributed by atoms with Crippen molar-refractivity contribution in [1.82, 2.24) is 14.9 Å². The maximum Gasteiger partial charge on any atom is 0.261 e. The molecule has 0 saturated heterocycles. The number of nitrogens with zero attached hydrogens (tertiary/aromatic N) is 3. The standard InChI is InChI=1S/C22H17FN4O3/c1-12-6-14(19-16(7-12)21(29)27(2)22(19)30)8-18(28)26-15-9-17(23)20(25-11-15)13-4-3-5-24-10-13/h3-7,9-11H,8H2,1-2H3,(H,26,28). The number of aryl methyl sites for hydroxylation is 1. The van der Waals surface area contributed by atoms with Crippen LogP contribution < -0.4 is 5.32 Å². The van der Waals surface area contributed by atoms with Gasteiger partial charge in [0.05, 0.1) is 29.4 Å². The average molecular weight is 404 g/mol. The van der Waals surface area contributed by atoms with Crippen molar-refractivity contribution in [3.63, 3.8) is 0 Å². The fraction of sp³-hybridized carbons (Fsp3) is 0.136. The Kier molecular flexibility index (Phi) is 4.83. The molecule has 30 heavy (non-hydrogen) atoms. The first-order valence-electron chi connectivity index (χ1n) is 9.17. The molecule has 1 N–H and O–H groups in total. The van der Waals surface area contributed by atoms with Gasteiger partial charge in [0.2, 0.25) is 5.91 Å². The molecule has 0 saturated carbocycles. The number of hydrogen-bond donors (Lipinski definition) is 1. The Labute approximate surface area is 171 Å². The zero-order valence-corrected chi connectivity index (χ0v) is 16.3. The second-order valence-corrected chi connectivity index (χ2v) is 7.04. The largest absolute Gasteiger partial charge is 0.324 e. The summed E-state index contributed by atoms with van der Waals surface area (Å²) in [6.07, 6.45) is 4.29. The summed E-state index contributed by atoms with van der Waals surface area (Å²) in [5, 5.41) is 2.59. The van der Waals surface area contributed by atoms with Crippen LogP contribution in [0.15, 0.2) is 48.9 Å². The van der Waals surface area contributed by atoms with E-state index in [2.05, 4.69) is 15.3 Å². The summed E-state index contributed by atoms with van der Waals surface area (Å²) in [4.78, 5) is 46.2. The maximum atomic E-state index is 14.5. The predicted molar refractivity (Wildman–Crippen MR) is 107 cm³/mol. The molecule has 3 aromatic rings. The lowest BCUT2D eigenvalue weighted by Crippen LogP contribution is -2.24. The van der Waals surface area contributed by atoms with E-state index >= 15 is 0 Å². The van der Waals surface area contributed by atoms with Crippen molar-refractivity contribution < 1.29 is 18.8 Å². The van der Waals surface area contributed by atoms with Gasteiger partial charge in [0.15, 0.2) is 5.82 Å². The molecule has 0 aliphatic carbocycles. The first kappa shape index (κ1) is 19.4. The van der Waals surface area contributed by atoms with Gasteiger partial charge in [-0.1, -0.05) is 6.07 Å². The summed E-state index contributed by atoms with van der Waals surface area (Å²) in [6.45, 7) is 1.79. The Balaban J connectivity index is 1.56. The van der Waals surface area contributed by atoms with Crippen molar-refractivity contribution >= 4 is 23.4 Å². The van der Waals surface area contributed by atoms with Gasteiger partial charge < -0.3 is 5.32 Å². The van der Waals surface area contributed by atoms with Gasteiger partial charge in [0.1, 0.15) is 5.69 Å². The van der Waals surface area contributed by atoms with Gasteiger partial charge >= 0.3 is 0 Å². The lowest BCUT2D eigenvalue weighted by molar-refractivity contribution is -0.115. The Morgan fingerprint density at radius 3 is 2.67 bits per heavy atom. The molecule has 1 aliphatic rings. The van der Waals surface area contributed by atoms with Crippen molar-refractivity contribution in [2.45, 2.75) is 13.3 Å². The number of carbonyl (C=O) groups excluding carboxylic acids is 3. The van der Waals surface area contributed by atoms with E-state index in [0.717, 1.165) is 10.5 Å². The first-order valence-corrected chi connectivity index (χ1v) is 9.17. The molecule has 1 aliphatic heterocycles. The molecule has 3 heterocycles. The molecule has 0 unspecified atom stereocenters. The highest BCUT2D eigenvalue weighted by molar-refractivity contribution is 6.22. The Morgan fingerprint density at radius 1 is 1.17 bits per heavy atom. The lowest BCUT2D eigenvalue weighted by atomic mass is 9.97. The summed E-state index contributed by atoms with van der Waals surface area (Å²) in [6, 6.07) is 7.88. The number of rotatable bonds is 4. The third-order valence-corrected chi connectivity index (χ3v) is 4.83. The minimum Gasteiger partial charge on any atom is -0.324 e. The third kappa shape index (κ3) is 3.43. The molecular formula is C22H17FN4O3. The van der Waals surface area contributed by atoms with Gasteiger partial charge in [-0.25, -0.2) is 4.39 Å². The highest BCUT2D eigenvalue weighted by Crippen LogP contribution is 2.27. The van der Waals surface area contributed by atoms with E-state index in [0.29, 0.717) is 16.7 Å². The fourth-order valence-corrected chi connectivity index (χ4v) is 3.46. The molecule has 0 atom stereocenters. The van der Waals surface area contributed by atoms with Crippen LogP contribution in [0.5, 0.6) is 0 Å². The summed E-state index contributed by atoms with van der Waals surface area (Å²) >= 11 is 0. The van der Waals surface area contributed by atoms with Crippen LogP contribution in [0.1, 0.15) is 31.8 Å². The van der Waals surface area contributed by atoms with E-state index in [1.807, 2.05) is 0 Å². The monoisotopic (exact) mass is 404 g/mol. The van der Waals surface area contributed by atoms with Gasteiger partial charge in [-0.2, -0.15) is 0 Å². The Hall–Kier alpha value is -3.94. The van der Waals surface area contributed by atoms with Crippen molar-refractivity contribution in [2.24, 2.45) is 0 Å². The van der Waals surface area contributed by atoms with Crippen LogP contribution in [0.4, 0.5) is 10.1 Å². The topological polar surface area (TPSA) is 92.3 Å². The number of carbonyl (C=O) groups is 3. The minimum absolute atomic E-state index is 0.129. The summed E-state index contributed by atoms with van der Waals surface area (Å²) in [7, 11) is 1.40. The lowest BCUT2D eigenvalue weighted by Gasteiger charge is -2.10. The van der Waals surface area contributed by atoms with Gasteiger partial charge in [-0.3, -0.25) is 29.3 Å². The smallest absolute Gasteiger partial charge is 0.261 e. The van der Waals surface area contributed by atoms with Crippen LogP contribution in [-0.4, -0.2) is 39.6 Å².